The first-order valence-corrected chi connectivity index (χ1v) is 21.7. The molecule has 2 nitrogen and oxygen atoms in total. The van der Waals surface area contributed by atoms with Gasteiger partial charge in [0.2, 0.25) is 0 Å². The third-order valence-corrected chi connectivity index (χ3v) is 12.7. The van der Waals surface area contributed by atoms with Gasteiger partial charge in [0.1, 0.15) is 11.5 Å². The van der Waals surface area contributed by atoms with Crippen molar-refractivity contribution in [1.82, 2.24) is 0 Å². The quantitative estimate of drug-likeness (QED) is 0.149. The molecule has 2 aliphatic rings. The lowest BCUT2D eigenvalue weighted by molar-refractivity contribution is 0.487. The van der Waals surface area contributed by atoms with E-state index in [2.05, 4.69) is 248 Å². The zero-order valence-electron chi connectivity index (χ0n) is 34.5. The van der Waals surface area contributed by atoms with E-state index in [0.717, 1.165) is 50.8 Å². The third-order valence-electron chi connectivity index (χ3n) is 12.7. The van der Waals surface area contributed by atoms with Crippen molar-refractivity contribution >= 4 is 40.2 Å². The van der Waals surface area contributed by atoms with E-state index in [9.17, 15) is 0 Å². The minimum Gasteiger partial charge on any atom is -0.458 e. The Labute approximate surface area is 369 Å². The van der Waals surface area contributed by atoms with Gasteiger partial charge >= 0.3 is 0 Å². The van der Waals surface area contributed by atoms with Gasteiger partial charge in [-0.2, -0.15) is 0 Å². The number of hydrogen-bond acceptors (Lipinski definition) is 2. The molecule has 0 fully saturated rings. The van der Waals surface area contributed by atoms with E-state index >= 15 is 0 Å². The number of hydrogen-bond donors (Lipinski definition) is 0. The lowest BCUT2D eigenvalue weighted by Gasteiger charge is -2.41. The van der Waals surface area contributed by atoms with E-state index in [4.69, 9.17) is 4.74 Å². The van der Waals surface area contributed by atoms with Crippen LogP contribution in [0.2, 0.25) is 0 Å². The van der Waals surface area contributed by atoms with Crippen LogP contribution in [0.3, 0.4) is 0 Å². The van der Waals surface area contributed by atoms with Crippen LogP contribution in [0.25, 0.3) is 66.8 Å². The van der Waals surface area contributed by atoms with Crippen LogP contribution in [0, 0.1) is 0 Å². The Morgan fingerprint density at radius 3 is 1.17 bits per heavy atom. The molecule has 0 N–H and O–H groups in total. The topological polar surface area (TPSA) is 12.5 Å². The van der Waals surface area contributed by atoms with Gasteiger partial charge in [0.25, 0.3) is 6.71 Å². The lowest BCUT2D eigenvalue weighted by atomic mass is 9.34. The third kappa shape index (κ3) is 6.45. The van der Waals surface area contributed by atoms with Crippen molar-refractivity contribution in [3.05, 3.63) is 243 Å². The number of rotatable bonds is 7. The minimum atomic E-state index is 0.0152. The number of ether oxygens (including phenoxy) is 1. The summed E-state index contributed by atoms with van der Waals surface area (Å²) < 4.78 is 6.79. The van der Waals surface area contributed by atoms with Gasteiger partial charge in [0, 0.05) is 22.5 Å². The highest BCUT2D eigenvalue weighted by Crippen LogP contribution is 2.50. The molecule has 2 aliphatic heterocycles. The van der Waals surface area contributed by atoms with E-state index in [1.54, 1.807) is 0 Å². The average molecular weight is 802 g/mol. The van der Waals surface area contributed by atoms with E-state index in [-0.39, 0.29) is 6.71 Å². The fraction of sp³-hybridized carbons (Fsp3) is 0. The van der Waals surface area contributed by atoms with Crippen molar-refractivity contribution in [2.45, 2.75) is 0 Å². The van der Waals surface area contributed by atoms with Crippen LogP contribution in [-0.2, 0) is 0 Å². The van der Waals surface area contributed by atoms with Crippen LogP contribution in [0.4, 0.5) is 17.1 Å². The van der Waals surface area contributed by atoms with Gasteiger partial charge in [-0.1, -0.05) is 182 Å². The van der Waals surface area contributed by atoms with Gasteiger partial charge < -0.3 is 9.64 Å². The first-order valence-electron chi connectivity index (χ1n) is 21.7. The molecule has 0 unspecified atom stereocenters. The predicted octanol–water partition coefficient (Wildman–Crippen LogP) is 14.1. The van der Waals surface area contributed by atoms with Gasteiger partial charge in [-0.15, -0.1) is 0 Å². The van der Waals surface area contributed by atoms with Crippen molar-refractivity contribution in [2.75, 3.05) is 4.90 Å². The molecule has 2 heterocycles. The number of anilines is 3. The molecule has 0 aliphatic carbocycles. The van der Waals surface area contributed by atoms with Crippen molar-refractivity contribution < 1.29 is 4.74 Å². The summed E-state index contributed by atoms with van der Waals surface area (Å²) in [7, 11) is 0. The first-order chi connectivity index (χ1) is 31.2. The Hall–Kier alpha value is -8.14. The second-order valence-corrected chi connectivity index (χ2v) is 16.4. The molecule has 10 aromatic carbocycles. The van der Waals surface area contributed by atoms with Crippen LogP contribution >= 0.6 is 0 Å². The minimum absolute atomic E-state index is 0.0152. The highest BCUT2D eigenvalue weighted by molar-refractivity contribution is 6.99. The summed E-state index contributed by atoms with van der Waals surface area (Å²) in [6.45, 7) is 0.0152. The molecule has 0 atom stereocenters. The molecule has 12 rings (SSSR count). The number of fused-ring (bicyclic) bond motifs is 4. The molecule has 0 saturated carbocycles. The molecule has 3 heteroatoms. The summed E-state index contributed by atoms with van der Waals surface area (Å²) in [6.07, 6.45) is 0. The fourth-order valence-electron chi connectivity index (χ4n) is 9.83. The van der Waals surface area contributed by atoms with Crippen LogP contribution in [0.15, 0.2) is 243 Å². The molecule has 63 heavy (non-hydrogen) atoms. The number of para-hydroxylation sites is 3. The molecule has 0 spiro atoms. The van der Waals surface area contributed by atoms with Crippen molar-refractivity contribution in [3.8, 4) is 78.3 Å². The Bertz CT molecular complexity index is 3050. The molecule has 0 amide bonds. The molecule has 0 aromatic heterocycles. The maximum absolute atomic E-state index is 6.79. The summed E-state index contributed by atoms with van der Waals surface area (Å²) in [5.74, 6) is 1.80. The summed E-state index contributed by atoms with van der Waals surface area (Å²) in [6, 6.07) is 88.1. The molecule has 0 saturated heterocycles. The predicted molar refractivity (Wildman–Crippen MR) is 265 cm³/mol. The molecule has 0 radical (unpaired) electrons. The summed E-state index contributed by atoms with van der Waals surface area (Å²) in [5, 5.41) is 0. The molecular weight excluding hydrogens is 761 g/mol. The zero-order valence-corrected chi connectivity index (χ0v) is 34.5. The van der Waals surface area contributed by atoms with E-state index in [1.807, 2.05) is 0 Å². The van der Waals surface area contributed by atoms with E-state index in [0.29, 0.717) is 0 Å². The number of benzene rings is 10. The summed E-state index contributed by atoms with van der Waals surface area (Å²) >= 11 is 0. The smallest absolute Gasteiger partial charge is 0.256 e. The van der Waals surface area contributed by atoms with Gasteiger partial charge in [0.05, 0.1) is 5.69 Å². The van der Waals surface area contributed by atoms with Gasteiger partial charge in [-0.05, 0) is 133 Å². The van der Waals surface area contributed by atoms with Gasteiger partial charge in [-0.25, -0.2) is 0 Å². The largest absolute Gasteiger partial charge is 0.458 e. The maximum Gasteiger partial charge on any atom is 0.256 e. The number of nitrogens with zero attached hydrogens (tertiary/aromatic N) is 1. The average Bonchev–Trinajstić information content (AvgIpc) is 3.37. The fourth-order valence-corrected chi connectivity index (χ4v) is 9.83. The van der Waals surface area contributed by atoms with Crippen molar-refractivity contribution in [3.63, 3.8) is 0 Å². The Balaban J connectivity index is 1.18. The van der Waals surface area contributed by atoms with Gasteiger partial charge in [-0.3, -0.25) is 0 Å². The van der Waals surface area contributed by atoms with Crippen LogP contribution in [0.1, 0.15) is 0 Å². The highest BCUT2D eigenvalue weighted by atomic mass is 16.5. The molecule has 294 valence electrons. The molecular formula is C60H40BNO. The summed E-state index contributed by atoms with van der Waals surface area (Å²) in [4.78, 5) is 2.53. The maximum atomic E-state index is 6.79. The SMILES string of the molecule is c1ccc(-c2cc(-c3ccccc3)cc(-c3cccc(-c4cc(-c5ccccc5)cc(-c5ccccc5)c4)c3N3c4ccccc4B4c5ccccc5Oc5cccc3c54)c2)cc1. The normalized spacial score (nSPS) is 12.2. The van der Waals surface area contributed by atoms with Crippen LogP contribution in [-0.4, -0.2) is 6.71 Å². The second-order valence-electron chi connectivity index (χ2n) is 16.4. The van der Waals surface area contributed by atoms with Crippen molar-refractivity contribution in [2.24, 2.45) is 0 Å². The lowest BCUT2D eigenvalue weighted by Crippen LogP contribution is -2.59. The first kappa shape index (κ1) is 36.7. The Kier molecular flexibility index (Phi) is 8.97. The second kappa shape index (κ2) is 15.4. The zero-order chi connectivity index (χ0) is 41.7. The molecule has 0 bridgehead atoms. The Morgan fingerprint density at radius 1 is 0.286 bits per heavy atom. The van der Waals surface area contributed by atoms with Crippen molar-refractivity contribution in [1.29, 1.82) is 0 Å². The van der Waals surface area contributed by atoms with Crippen LogP contribution in [0.5, 0.6) is 11.5 Å². The van der Waals surface area contributed by atoms with Crippen LogP contribution < -0.4 is 26.0 Å². The highest BCUT2D eigenvalue weighted by Gasteiger charge is 2.42. The van der Waals surface area contributed by atoms with E-state index < -0.39 is 0 Å². The Morgan fingerprint density at radius 2 is 0.667 bits per heavy atom. The monoisotopic (exact) mass is 801 g/mol. The van der Waals surface area contributed by atoms with E-state index in [1.165, 1.54) is 60.9 Å². The standard InChI is InChI=1S/C60H40BNO/c1-5-19-41(20-6-1)45-35-46(42-21-7-2-8-22-42)38-49(37-45)51-27-17-28-52(50-39-47(43-23-9-3-10-24-43)36-48(40-50)44-25-11-4-12-26-44)60(51)62-55-31-15-13-29-53(55)61-54-30-14-16-33-57(54)63-58-34-18-32-56(62)59(58)61/h1-40H. The summed E-state index contributed by atoms with van der Waals surface area (Å²) in [5.41, 5.74) is 20.9. The molecule has 10 aromatic rings. The van der Waals surface area contributed by atoms with Gasteiger partial charge in [0.15, 0.2) is 0 Å².